The van der Waals surface area contributed by atoms with Crippen LogP contribution in [0.1, 0.15) is 20.8 Å². The van der Waals surface area contributed by atoms with Gasteiger partial charge in [0.05, 0.1) is 0 Å². The normalized spacial score (nSPS) is 23.6. The number of piperazine rings is 1. The van der Waals surface area contributed by atoms with Crippen molar-refractivity contribution >= 4 is 10.2 Å². The van der Waals surface area contributed by atoms with Crippen molar-refractivity contribution in [2.45, 2.75) is 26.3 Å². The smallest absolute Gasteiger partial charge is 0.279 e. The summed E-state index contributed by atoms with van der Waals surface area (Å²) < 4.78 is 27.3. The molecule has 2 N–H and O–H groups in total. The average molecular weight is 221 g/mol. The lowest BCUT2D eigenvalue weighted by molar-refractivity contribution is 0.232. The Morgan fingerprint density at radius 3 is 2.64 bits per heavy atom. The van der Waals surface area contributed by atoms with Crippen LogP contribution in [0.25, 0.3) is 0 Å². The average Bonchev–Trinajstić information content (AvgIpc) is 2.02. The zero-order chi connectivity index (χ0) is 10.8. The van der Waals surface area contributed by atoms with Crippen molar-refractivity contribution in [2.24, 2.45) is 0 Å². The molecule has 0 bridgehead atoms. The van der Waals surface area contributed by atoms with Crippen LogP contribution in [0, 0.1) is 0 Å². The Balaban J connectivity index is 2.69. The molecule has 5 nitrogen and oxygen atoms in total. The molecule has 14 heavy (non-hydrogen) atoms. The molecule has 1 saturated heterocycles. The molecule has 0 radical (unpaired) electrons. The summed E-state index contributed by atoms with van der Waals surface area (Å²) in [4.78, 5) is 0. The van der Waals surface area contributed by atoms with Gasteiger partial charge in [0.15, 0.2) is 0 Å². The van der Waals surface area contributed by atoms with Gasteiger partial charge in [-0.2, -0.15) is 12.7 Å². The third-order valence-corrected chi connectivity index (χ3v) is 3.85. The summed E-state index contributed by atoms with van der Waals surface area (Å²) in [6, 6.07) is 0. The van der Waals surface area contributed by atoms with E-state index in [-0.39, 0.29) is 5.54 Å². The van der Waals surface area contributed by atoms with Crippen molar-refractivity contribution in [1.29, 1.82) is 0 Å². The summed E-state index contributed by atoms with van der Waals surface area (Å²) in [5.74, 6) is 0. The predicted molar refractivity (Wildman–Crippen MR) is 56.3 cm³/mol. The summed E-state index contributed by atoms with van der Waals surface area (Å²) in [6.07, 6.45) is 0. The minimum Gasteiger partial charge on any atom is -0.309 e. The summed E-state index contributed by atoms with van der Waals surface area (Å²) in [6.45, 7) is 7.98. The van der Waals surface area contributed by atoms with Crippen LogP contribution < -0.4 is 10.0 Å². The fourth-order valence-electron chi connectivity index (χ4n) is 1.57. The second-order valence-electron chi connectivity index (χ2n) is 4.15. The first-order valence-corrected chi connectivity index (χ1v) is 6.31. The molecule has 0 atom stereocenters. The summed E-state index contributed by atoms with van der Waals surface area (Å²) >= 11 is 0. The maximum absolute atomic E-state index is 11.7. The van der Waals surface area contributed by atoms with Gasteiger partial charge in [0.25, 0.3) is 10.2 Å². The quantitative estimate of drug-likeness (QED) is 0.677. The SMILES string of the molecule is CCNS(=O)(=O)N1CCNC(C)(C)C1. The Morgan fingerprint density at radius 1 is 1.50 bits per heavy atom. The molecule has 0 aromatic heterocycles. The number of rotatable bonds is 3. The number of nitrogens with zero attached hydrogens (tertiary/aromatic N) is 1. The summed E-state index contributed by atoms with van der Waals surface area (Å²) in [5, 5.41) is 3.27. The molecular weight excluding hydrogens is 202 g/mol. The molecule has 1 aliphatic heterocycles. The molecule has 1 fully saturated rings. The van der Waals surface area contributed by atoms with Crippen LogP contribution in [0.5, 0.6) is 0 Å². The van der Waals surface area contributed by atoms with Crippen molar-refractivity contribution < 1.29 is 8.42 Å². The highest BCUT2D eigenvalue weighted by Crippen LogP contribution is 2.12. The van der Waals surface area contributed by atoms with Gasteiger partial charge in [-0.05, 0) is 13.8 Å². The van der Waals surface area contributed by atoms with E-state index in [0.29, 0.717) is 26.2 Å². The highest BCUT2D eigenvalue weighted by Gasteiger charge is 2.32. The molecule has 1 aliphatic rings. The lowest BCUT2D eigenvalue weighted by Crippen LogP contribution is -2.60. The van der Waals surface area contributed by atoms with Gasteiger partial charge in [-0.25, -0.2) is 4.72 Å². The van der Waals surface area contributed by atoms with Crippen LogP contribution in [0.15, 0.2) is 0 Å². The third-order valence-electron chi connectivity index (χ3n) is 2.20. The van der Waals surface area contributed by atoms with Crippen LogP contribution in [-0.2, 0) is 10.2 Å². The highest BCUT2D eigenvalue weighted by molar-refractivity contribution is 7.87. The van der Waals surface area contributed by atoms with Gasteiger partial charge in [-0.15, -0.1) is 0 Å². The van der Waals surface area contributed by atoms with E-state index >= 15 is 0 Å². The Bertz CT molecular complexity index is 287. The number of nitrogens with one attached hydrogen (secondary N) is 2. The van der Waals surface area contributed by atoms with Gasteiger partial charge < -0.3 is 5.32 Å². The van der Waals surface area contributed by atoms with E-state index in [1.54, 1.807) is 6.92 Å². The van der Waals surface area contributed by atoms with Gasteiger partial charge in [0, 0.05) is 31.7 Å². The topological polar surface area (TPSA) is 61.4 Å². The van der Waals surface area contributed by atoms with Crippen LogP contribution in [0.3, 0.4) is 0 Å². The van der Waals surface area contributed by atoms with Crippen molar-refractivity contribution in [3.63, 3.8) is 0 Å². The molecule has 0 spiro atoms. The van der Waals surface area contributed by atoms with E-state index < -0.39 is 10.2 Å². The second kappa shape index (κ2) is 4.14. The van der Waals surface area contributed by atoms with E-state index in [0.717, 1.165) is 0 Å². The standard InChI is InChI=1S/C8H19N3O2S/c1-4-10-14(12,13)11-6-5-9-8(2,3)7-11/h9-10H,4-7H2,1-3H3. The first-order valence-electron chi connectivity index (χ1n) is 4.87. The van der Waals surface area contributed by atoms with E-state index in [1.807, 2.05) is 13.8 Å². The summed E-state index contributed by atoms with van der Waals surface area (Å²) in [7, 11) is -3.26. The first kappa shape index (κ1) is 11.9. The van der Waals surface area contributed by atoms with E-state index in [1.165, 1.54) is 4.31 Å². The number of hydrogen-bond donors (Lipinski definition) is 2. The molecule has 1 rings (SSSR count). The van der Waals surface area contributed by atoms with Crippen molar-refractivity contribution in [2.75, 3.05) is 26.2 Å². The maximum Gasteiger partial charge on any atom is 0.279 e. The van der Waals surface area contributed by atoms with Crippen molar-refractivity contribution in [3.05, 3.63) is 0 Å². The fraction of sp³-hybridized carbons (Fsp3) is 1.00. The largest absolute Gasteiger partial charge is 0.309 e. The molecule has 0 aromatic rings. The zero-order valence-electron chi connectivity index (χ0n) is 9.00. The van der Waals surface area contributed by atoms with Gasteiger partial charge in [0.1, 0.15) is 0 Å². The third kappa shape index (κ3) is 2.91. The molecule has 0 aliphatic carbocycles. The maximum atomic E-state index is 11.7. The molecule has 84 valence electrons. The van der Waals surface area contributed by atoms with E-state index in [4.69, 9.17) is 0 Å². The van der Waals surface area contributed by atoms with Gasteiger partial charge >= 0.3 is 0 Å². The molecule has 0 amide bonds. The predicted octanol–water partition coefficient (Wildman–Crippen LogP) is -0.475. The zero-order valence-corrected chi connectivity index (χ0v) is 9.82. The number of hydrogen-bond acceptors (Lipinski definition) is 3. The summed E-state index contributed by atoms with van der Waals surface area (Å²) in [5.41, 5.74) is -0.138. The van der Waals surface area contributed by atoms with Gasteiger partial charge in [-0.1, -0.05) is 6.92 Å². The molecular formula is C8H19N3O2S. The van der Waals surface area contributed by atoms with Crippen LogP contribution >= 0.6 is 0 Å². The monoisotopic (exact) mass is 221 g/mol. The lowest BCUT2D eigenvalue weighted by atomic mass is 10.0. The van der Waals surface area contributed by atoms with Crippen LogP contribution in [0.4, 0.5) is 0 Å². The minimum atomic E-state index is -3.26. The lowest BCUT2D eigenvalue weighted by Gasteiger charge is -2.38. The van der Waals surface area contributed by atoms with E-state index in [9.17, 15) is 8.42 Å². The molecule has 0 aromatic carbocycles. The molecule has 1 heterocycles. The van der Waals surface area contributed by atoms with Crippen LogP contribution in [-0.4, -0.2) is 44.4 Å². The Morgan fingerprint density at radius 2 is 2.14 bits per heavy atom. The van der Waals surface area contributed by atoms with Gasteiger partial charge in [-0.3, -0.25) is 0 Å². The first-order chi connectivity index (χ1) is 6.37. The van der Waals surface area contributed by atoms with Crippen molar-refractivity contribution in [3.8, 4) is 0 Å². The molecule has 0 saturated carbocycles. The highest BCUT2D eigenvalue weighted by atomic mass is 32.2. The minimum absolute atomic E-state index is 0.138. The molecule has 6 heteroatoms. The molecule has 0 unspecified atom stereocenters. The van der Waals surface area contributed by atoms with Crippen LogP contribution in [0.2, 0.25) is 0 Å². The second-order valence-corrected chi connectivity index (χ2v) is 5.90. The Labute approximate surface area is 86.0 Å². The van der Waals surface area contributed by atoms with Crippen molar-refractivity contribution in [1.82, 2.24) is 14.3 Å². The Hall–Kier alpha value is -0.170. The fourth-order valence-corrected chi connectivity index (χ4v) is 2.95. The van der Waals surface area contributed by atoms with Gasteiger partial charge in [0.2, 0.25) is 0 Å². The van der Waals surface area contributed by atoms with E-state index in [2.05, 4.69) is 10.0 Å². The Kier molecular flexibility index (Phi) is 3.52.